The summed E-state index contributed by atoms with van der Waals surface area (Å²) >= 11 is 1.26. The average Bonchev–Trinajstić information content (AvgIpc) is 3.18. The molecule has 11 heteroatoms. The van der Waals surface area contributed by atoms with Crippen LogP contribution in [0.4, 0.5) is 22.3 Å². The number of aromatic nitrogens is 3. The molecular formula is C21H24N8O2S. The predicted molar refractivity (Wildman–Crippen MR) is 124 cm³/mol. The molecule has 166 valence electrons. The second-order valence-corrected chi connectivity index (χ2v) is 8.43. The number of hydrogen-bond acceptors (Lipinski definition) is 9. The molecular weight excluding hydrogens is 428 g/mol. The minimum Gasteiger partial charge on any atom is -0.399 e. The average molecular weight is 453 g/mol. The maximum absolute atomic E-state index is 12.6. The third kappa shape index (κ3) is 4.94. The lowest BCUT2D eigenvalue weighted by atomic mass is 10.0. The van der Waals surface area contributed by atoms with Gasteiger partial charge in [0.25, 0.3) is 11.8 Å². The van der Waals surface area contributed by atoms with E-state index in [0.717, 1.165) is 30.1 Å². The van der Waals surface area contributed by atoms with Crippen molar-refractivity contribution in [3.8, 4) is 0 Å². The highest BCUT2D eigenvalue weighted by molar-refractivity contribution is 7.10. The molecule has 0 spiro atoms. The van der Waals surface area contributed by atoms with E-state index in [0.29, 0.717) is 23.6 Å². The number of carbonyl (C=O) groups excluding carboxylic acids is 2. The van der Waals surface area contributed by atoms with Gasteiger partial charge in [0.2, 0.25) is 0 Å². The van der Waals surface area contributed by atoms with Crippen molar-refractivity contribution in [2.45, 2.75) is 25.8 Å². The van der Waals surface area contributed by atoms with Gasteiger partial charge in [0.15, 0.2) is 11.5 Å². The Morgan fingerprint density at radius 1 is 1.25 bits per heavy atom. The number of amides is 2. The molecule has 2 aromatic heterocycles. The molecule has 1 aliphatic rings. The van der Waals surface area contributed by atoms with E-state index in [9.17, 15) is 9.59 Å². The number of aryl methyl sites for hydroxylation is 1. The topological polar surface area (TPSA) is 152 Å². The molecule has 3 heterocycles. The molecule has 2 amide bonds. The fraction of sp³-hybridized carbons (Fsp3) is 0.286. The van der Waals surface area contributed by atoms with Crippen LogP contribution in [0.3, 0.4) is 0 Å². The first kappa shape index (κ1) is 21.5. The number of benzene rings is 1. The molecule has 0 saturated carbocycles. The summed E-state index contributed by atoms with van der Waals surface area (Å²) in [4.78, 5) is 35.3. The Labute approximate surface area is 189 Å². The Bertz CT molecular complexity index is 1130. The number of nitrogens with zero attached hydrogens (tertiary/aromatic N) is 4. The number of hydrogen-bond donors (Lipinski definition) is 4. The molecule has 1 fully saturated rings. The Kier molecular flexibility index (Phi) is 6.17. The number of nitrogen functional groups attached to an aromatic ring is 1. The Balaban J connectivity index is 1.49. The zero-order valence-corrected chi connectivity index (χ0v) is 18.4. The van der Waals surface area contributed by atoms with Crippen LogP contribution in [0, 0.1) is 6.92 Å². The number of nitrogens with two attached hydrogens (primary N) is 2. The highest BCUT2D eigenvalue weighted by Gasteiger charge is 2.24. The summed E-state index contributed by atoms with van der Waals surface area (Å²) in [5, 5.41) is 6.91. The predicted octanol–water partition coefficient (Wildman–Crippen LogP) is 2.07. The van der Waals surface area contributed by atoms with E-state index in [4.69, 9.17) is 11.5 Å². The summed E-state index contributed by atoms with van der Waals surface area (Å²) in [6.45, 7) is 3.22. The number of anilines is 4. The van der Waals surface area contributed by atoms with Gasteiger partial charge in [-0.2, -0.15) is 4.37 Å². The number of piperidine rings is 1. The molecule has 0 bridgehead atoms. The van der Waals surface area contributed by atoms with Crippen molar-refractivity contribution in [3.63, 3.8) is 0 Å². The van der Waals surface area contributed by atoms with Gasteiger partial charge in [-0.3, -0.25) is 9.59 Å². The SMILES string of the molecule is Cc1cc(Nc2nc(N3CCCC(NC(=O)c4ccc(N)cc4)C3)cnc2C(N)=O)sn1. The molecule has 3 aromatic rings. The van der Waals surface area contributed by atoms with E-state index in [1.807, 2.05) is 17.9 Å². The first-order valence-corrected chi connectivity index (χ1v) is 10.9. The molecule has 10 nitrogen and oxygen atoms in total. The van der Waals surface area contributed by atoms with Gasteiger partial charge in [-0.1, -0.05) is 0 Å². The van der Waals surface area contributed by atoms with Crippen LogP contribution in [0.15, 0.2) is 36.5 Å². The molecule has 1 saturated heterocycles. The van der Waals surface area contributed by atoms with Gasteiger partial charge in [0, 0.05) is 30.4 Å². The first-order valence-electron chi connectivity index (χ1n) is 10.2. The van der Waals surface area contributed by atoms with Crippen molar-refractivity contribution in [1.29, 1.82) is 0 Å². The Hall–Kier alpha value is -3.73. The van der Waals surface area contributed by atoms with Crippen LogP contribution < -0.4 is 27.0 Å². The summed E-state index contributed by atoms with van der Waals surface area (Å²) < 4.78 is 4.22. The summed E-state index contributed by atoms with van der Waals surface area (Å²) in [5.41, 5.74) is 13.3. The smallest absolute Gasteiger partial charge is 0.271 e. The molecule has 1 aromatic carbocycles. The van der Waals surface area contributed by atoms with Crippen molar-refractivity contribution in [2.75, 3.05) is 29.0 Å². The van der Waals surface area contributed by atoms with Gasteiger partial charge in [-0.15, -0.1) is 0 Å². The van der Waals surface area contributed by atoms with E-state index in [2.05, 4.69) is 25.0 Å². The van der Waals surface area contributed by atoms with Crippen LogP contribution in [0.2, 0.25) is 0 Å². The number of carbonyl (C=O) groups is 2. The highest BCUT2D eigenvalue weighted by Crippen LogP contribution is 2.25. The van der Waals surface area contributed by atoms with Gasteiger partial charge in [-0.05, 0) is 61.6 Å². The maximum Gasteiger partial charge on any atom is 0.271 e. The number of primary amides is 1. The van der Waals surface area contributed by atoms with Crippen molar-refractivity contribution in [1.82, 2.24) is 19.7 Å². The number of nitrogens with one attached hydrogen (secondary N) is 2. The summed E-state index contributed by atoms with van der Waals surface area (Å²) in [7, 11) is 0. The lowest BCUT2D eigenvalue weighted by Crippen LogP contribution is -2.48. The lowest BCUT2D eigenvalue weighted by molar-refractivity contribution is 0.0932. The van der Waals surface area contributed by atoms with Gasteiger partial charge in [0.1, 0.15) is 10.8 Å². The van der Waals surface area contributed by atoms with Crippen LogP contribution in [0.5, 0.6) is 0 Å². The largest absolute Gasteiger partial charge is 0.399 e. The molecule has 1 aliphatic heterocycles. The minimum absolute atomic E-state index is 0.0491. The fourth-order valence-electron chi connectivity index (χ4n) is 3.55. The third-order valence-electron chi connectivity index (χ3n) is 5.12. The Morgan fingerprint density at radius 2 is 2.03 bits per heavy atom. The van der Waals surface area contributed by atoms with Gasteiger partial charge < -0.3 is 27.0 Å². The summed E-state index contributed by atoms with van der Waals surface area (Å²) in [6.07, 6.45) is 3.27. The molecule has 6 N–H and O–H groups in total. The standard InChI is InChI=1S/C21H24N8O2S/c1-12-9-17(32-28-12)27-20-18(19(23)30)24-10-16(26-20)29-8-2-3-15(11-29)25-21(31)13-4-6-14(22)7-5-13/h4-7,9-10,15H,2-3,8,11,22H2,1H3,(H2,23,30)(H,25,31)(H,26,27). The van der Waals surface area contributed by atoms with Crippen molar-refractivity contribution in [3.05, 3.63) is 53.5 Å². The van der Waals surface area contributed by atoms with Gasteiger partial charge >= 0.3 is 0 Å². The van der Waals surface area contributed by atoms with Gasteiger partial charge in [-0.25, -0.2) is 9.97 Å². The van der Waals surface area contributed by atoms with E-state index in [-0.39, 0.29) is 23.5 Å². The quantitative estimate of drug-likeness (QED) is 0.415. The second-order valence-electron chi connectivity index (χ2n) is 7.63. The number of rotatable bonds is 6. The van der Waals surface area contributed by atoms with Crippen LogP contribution >= 0.6 is 11.5 Å². The van der Waals surface area contributed by atoms with E-state index < -0.39 is 5.91 Å². The molecule has 1 atom stereocenters. The van der Waals surface area contributed by atoms with Crippen molar-refractivity contribution >= 4 is 45.7 Å². The van der Waals surface area contributed by atoms with Crippen LogP contribution in [-0.4, -0.2) is 45.3 Å². The Morgan fingerprint density at radius 3 is 2.72 bits per heavy atom. The molecule has 1 unspecified atom stereocenters. The molecule has 0 aliphatic carbocycles. The van der Waals surface area contributed by atoms with Crippen LogP contribution in [0.25, 0.3) is 0 Å². The van der Waals surface area contributed by atoms with E-state index in [1.165, 1.54) is 17.7 Å². The maximum atomic E-state index is 12.6. The monoisotopic (exact) mass is 452 g/mol. The van der Waals surface area contributed by atoms with Crippen molar-refractivity contribution < 1.29 is 9.59 Å². The fourth-order valence-corrected chi connectivity index (χ4v) is 4.21. The minimum atomic E-state index is -0.667. The molecule has 4 rings (SSSR count). The second kappa shape index (κ2) is 9.18. The summed E-state index contributed by atoms with van der Waals surface area (Å²) in [5.74, 6) is 0.0758. The van der Waals surface area contributed by atoms with Crippen molar-refractivity contribution in [2.24, 2.45) is 5.73 Å². The zero-order chi connectivity index (χ0) is 22.7. The van der Waals surface area contributed by atoms with E-state index >= 15 is 0 Å². The van der Waals surface area contributed by atoms with E-state index in [1.54, 1.807) is 24.3 Å². The van der Waals surface area contributed by atoms with Gasteiger partial charge in [0.05, 0.1) is 11.9 Å². The molecule has 0 radical (unpaired) electrons. The first-order chi connectivity index (χ1) is 15.4. The lowest BCUT2D eigenvalue weighted by Gasteiger charge is -2.34. The van der Waals surface area contributed by atoms with Crippen LogP contribution in [0.1, 0.15) is 39.4 Å². The third-order valence-corrected chi connectivity index (χ3v) is 5.91. The normalized spacial score (nSPS) is 15.9. The molecule has 32 heavy (non-hydrogen) atoms. The highest BCUT2D eigenvalue weighted by atomic mass is 32.1. The zero-order valence-electron chi connectivity index (χ0n) is 17.5. The summed E-state index contributed by atoms with van der Waals surface area (Å²) in [6, 6.07) is 8.63. The van der Waals surface area contributed by atoms with Crippen LogP contribution in [-0.2, 0) is 0 Å².